The van der Waals surface area contributed by atoms with E-state index in [9.17, 15) is 4.79 Å². The van der Waals surface area contributed by atoms with Crippen LogP contribution >= 0.6 is 0 Å². The number of hydrazine groups is 1. The van der Waals surface area contributed by atoms with Crippen molar-refractivity contribution in [3.63, 3.8) is 0 Å². The van der Waals surface area contributed by atoms with Crippen LogP contribution in [0.15, 0.2) is 18.3 Å². The highest BCUT2D eigenvalue weighted by Crippen LogP contribution is 2.44. The molecule has 0 radical (unpaired) electrons. The van der Waals surface area contributed by atoms with Gasteiger partial charge in [0.25, 0.3) is 0 Å². The van der Waals surface area contributed by atoms with Crippen LogP contribution in [-0.2, 0) is 4.79 Å². The maximum Gasteiger partial charge on any atom is 0.228 e. The number of aromatic nitrogens is 1. The number of nitrogens with one attached hydrogen (secondary N) is 2. The summed E-state index contributed by atoms with van der Waals surface area (Å²) in [5.74, 6) is 2.63. The molecular formula is C22H34N6O. The zero-order chi connectivity index (χ0) is 20.0. The van der Waals surface area contributed by atoms with Crippen molar-refractivity contribution in [2.45, 2.75) is 44.2 Å². The zero-order valence-corrected chi connectivity index (χ0v) is 17.7. The van der Waals surface area contributed by atoms with E-state index in [2.05, 4.69) is 56.6 Å². The molecule has 7 nitrogen and oxygen atoms in total. The third kappa shape index (κ3) is 3.43. The first kappa shape index (κ1) is 19.3. The lowest BCUT2D eigenvalue weighted by molar-refractivity contribution is -0.146. The SMILES string of the molecule is CCN1C(=O)C2CNNC2C2CCC(c3ccnc(N4CCN(C)CC4)c3)CC21. The molecule has 29 heavy (non-hydrogen) atoms. The van der Waals surface area contributed by atoms with Crippen LogP contribution in [-0.4, -0.2) is 79.1 Å². The first-order valence-electron chi connectivity index (χ1n) is 11.3. The Kier molecular flexibility index (Phi) is 5.22. The summed E-state index contributed by atoms with van der Waals surface area (Å²) in [6, 6.07) is 5.16. The Bertz CT molecular complexity index is 749. The van der Waals surface area contributed by atoms with E-state index in [1.165, 1.54) is 18.4 Å². The second-order valence-corrected chi connectivity index (χ2v) is 9.26. The van der Waals surface area contributed by atoms with Gasteiger partial charge in [0.15, 0.2) is 0 Å². The smallest absolute Gasteiger partial charge is 0.228 e. The normalized spacial score (nSPS) is 35.5. The van der Waals surface area contributed by atoms with Gasteiger partial charge in [-0.25, -0.2) is 4.98 Å². The summed E-state index contributed by atoms with van der Waals surface area (Å²) in [7, 11) is 2.18. The number of nitrogens with zero attached hydrogens (tertiary/aromatic N) is 4. The molecule has 1 aromatic rings. The molecule has 4 heterocycles. The minimum Gasteiger partial charge on any atom is -0.354 e. The number of hydrogen-bond acceptors (Lipinski definition) is 6. The van der Waals surface area contributed by atoms with Gasteiger partial charge in [0.05, 0.1) is 5.92 Å². The molecule has 5 atom stereocenters. The Balaban J connectivity index is 1.34. The largest absolute Gasteiger partial charge is 0.354 e. The molecule has 5 unspecified atom stereocenters. The number of piperazine rings is 1. The van der Waals surface area contributed by atoms with Crippen molar-refractivity contribution >= 4 is 11.7 Å². The van der Waals surface area contributed by atoms with Crippen molar-refractivity contribution in [3.8, 4) is 0 Å². The molecule has 0 aromatic carbocycles. The Morgan fingerprint density at radius 3 is 2.83 bits per heavy atom. The van der Waals surface area contributed by atoms with Crippen LogP contribution < -0.4 is 15.8 Å². The number of rotatable bonds is 3. The fraction of sp³-hybridized carbons (Fsp3) is 0.727. The molecule has 5 rings (SSSR count). The summed E-state index contributed by atoms with van der Waals surface area (Å²) in [4.78, 5) is 24.7. The third-order valence-electron chi connectivity index (χ3n) is 7.76. The average molecular weight is 399 g/mol. The van der Waals surface area contributed by atoms with E-state index in [0.717, 1.165) is 51.5 Å². The minimum atomic E-state index is 0.109. The number of piperidine rings is 1. The number of carbonyl (C=O) groups excluding carboxylic acids is 1. The van der Waals surface area contributed by atoms with Crippen molar-refractivity contribution in [2.24, 2.45) is 11.8 Å². The summed E-state index contributed by atoms with van der Waals surface area (Å²) >= 11 is 0. The molecule has 1 amide bonds. The summed E-state index contributed by atoms with van der Waals surface area (Å²) in [5.41, 5.74) is 8.07. The highest BCUT2D eigenvalue weighted by molar-refractivity contribution is 5.81. The van der Waals surface area contributed by atoms with Gasteiger partial charge in [0.2, 0.25) is 5.91 Å². The highest BCUT2D eigenvalue weighted by atomic mass is 16.2. The molecule has 2 N–H and O–H groups in total. The van der Waals surface area contributed by atoms with E-state index in [1.807, 2.05) is 6.20 Å². The van der Waals surface area contributed by atoms with Crippen LogP contribution in [0.3, 0.4) is 0 Å². The fourth-order valence-corrected chi connectivity index (χ4v) is 6.07. The molecule has 4 aliphatic rings. The lowest BCUT2D eigenvalue weighted by Crippen LogP contribution is -2.61. The number of amides is 1. The first-order chi connectivity index (χ1) is 14.2. The number of anilines is 1. The standard InChI is InChI=1S/C22H34N6O/c1-3-28-19-12-15(4-5-17(19)21-18(22(28)29)14-24-25-21)16-6-7-23-20(13-16)27-10-8-26(2)9-11-27/h6-7,13,15,17-19,21,24-25H,3-5,8-12,14H2,1-2H3. The van der Waals surface area contributed by atoms with Gasteiger partial charge in [0.1, 0.15) is 5.82 Å². The first-order valence-corrected chi connectivity index (χ1v) is 11.3. The van der Waals surface area contributed by atoms with Crippen molar-refractivity contribution in [1.82, 2.24) is 25.6 Å². The Morgan fingerprint density at radius 2 is 2.03 bits per heavy atom. The van der Waals surface area contributed by atoms with E-state index in [4.69, 9.17) is 0 Å². The molecule has 1 aromatic heterocycles. The van der Waals surface area contributed by atoms with Crippen LogP contribution in [0.4, 0.5) is 5.82 Å². The molecule has 1 saturated carbocycles. The van der Waals surface area contributed by atoms with Crippen molar-refractivity contribution < 1.29 is 4.79 Å². The Morgan fingerprint density at radius 1 is 1.21 bits per heavy atom. The van der Waals surface area contributed by atoms with Gasteiger partial charge >= 0.3 is 0 Å². The zero-order valence-electron chi connectivity index (χ0n) is 17.7. The number of carbonyl (C=O) groups is 1. The lowest BCUT2D eigenvalue weighted by atomic mass is 9.67. The van der Waals surface area contributed by atoms with E-state index in [-0.39, 0.29) is 5.92 Å². The second kappa shape index (κ2) is 7.85. The van der Waals surface area contributed by atoms with Gasteiger partial charge < -0.3 is 14.7 Å². The highest BCUT2D eigenvalue weighted by Gasteiger charge is 2.51. The quantitative estimate of drug-likeness (QED) is 0.793. The van der Waals surface area contributed by atoms with Gasteiger partial charge in [-0.3, -0.25) is 15.6 Å². The van der Waals surface area contributed by atoms with Crippen LogP contribution in [0, 0.1) is 11.8 Å². The molecule has 0 spiro atoms. The van der Waals surface area contributed by atoms with Gasteiger partial charge in [-0.2, -0.15) is 0 Å². The van der Waals surface area contributed by atoms with Gasteiger partial charge in [-0.15, -0.1) is 0 Å². The van der Waals surface area contributed by atoms with E-state index < -0.39 is 0 Å². The third-order valence-corrected chi connectivity index (χ3v) is 7.76. The molecule has 3 saturated heterocycles. The number of likely N-dealkylation sites (N-methyl/N-ethyl adjacent to an activating group) is 1. The van der Waals surface area contributed by atoms with Crippen LogP contribution in [0.2, 0.25) is 0 Å². The monoisotopic (exact) mass is 398 g/mol. The van der Waals surface area contributed by atoms with Crippen LogP contribution in [0.1, 0.15) is 37.7 Å². The summed E-state index contributed by atoms with van der Waals surface area (Å²) in [6.45, 7) is 7.99. The van der Waals surface area contributed by atoms with E-state index >= 15 is 0 Å². The summed E-state index contributed by atoms with van der Waals surface area (Å²) < 4.78 is 0. The molecule has 1 aliphatic carbocycles. The molecule has 7 heteroatoms. The lowest BCUT2D eigenvalue weighted by Gasteiger charge is -2.50. The minimum absolute atomic E-state index is 0.109. The molecule has 4 fully saturated rings. The van der Waals surface area contributed by atoms with Crippen LogP contribution in [0.25, 0.3) is 0 Å². The van der Waals surface area contributed by atoms with Crippen LogP contribution in [0.5, 0.6) is 0 Å². The Hall–Kier alpha value is -1.70. The van der Waals surface area contributed by atoms with Crippen molar-refractivity contribution in [3.05, 3.63) is 23.9 Å². The van der Waals surface area contributed by atoms with Crippen molar-refractivity contribution in [1.29, 1.82) is 0 Å². The van der Waals surface area contributed by atoms with Gasteiger partial charge in [0, 0.05) is 57.5 Å². The maximum atomic E-state index is 13.0. The number of pyridine rings is 1. The predicted octanol–water partition coefficient (Wildman–Crippen LogP) is 1.04. The predicted molar refractivity (Wildman–Crippen MR) is 114 cm³/mol. The van der Waals surface area contributed by atoms with Gasteiger partial charge in [-0.05, 0) is 62.8 Å². The molecule has 158 valence electrons. The average Bonchev–Trinajstić information content (AvgIpc) is 3.25. The molecular weight excluding hydrogens is 364 g/mol. The Labute approximate surface area is 173 Å². The molecule has 3 aliphatic heterocycles. The van der Waals surface area contributed by atoms with E-state index in [0.29, 0.717) is 29.8 Å². The van der Waals surface area contributed by atoms with E-state index in [1.54, 1.807) is 0 Å². The van der Waals surface area contributed by atoms with Gasteiger partial charge in [-0.1, -0.05) is 0 Å². The number of fused-ring (bicyclic) bond motifs is 3. The maximum absolute atomic E-state index is 13.0. The molecule has 0 bridgehead atoms. The number of hydrogen-bond donors (Lipinski definition) is 2. The summed E-state index contributed by atoms with van der Waals surface area (Å²) in [6.07, 6.45) is 5.43. The fourth-order valence-electron chi connectivity index (χ4n) is 6.07. The summed E-state index contributed by atoms with van der Waals surface area (Å²) in [5, 5.41) is 0. The topological polar surface area (TPSA) is 63.7 Å². The number of likely N-dealkylation sites (tertiary alicyclic amines) is 1. The van der Waals surface area contributed by atoms with Crippen molar-refractivity contribution in [2.75, 3.05) is 51.2 Å². The second-order valence-electron chi connectivity index (χ2n) is 9.26.